The van der Waals surface area contributed by atoms with Crippen LogP contribution in [0.1, 0.15) is 45.5 Å². The van der Waals surface area contributed by atoms with Crippen molar-refractivity contribution in [1.29, 1.82) is 0 Å². The number of rotatable bonds is 5. The molecule has 2 aromatic carbocycles. The van der Waals surface area contributed by atoms with Gasteiger partial charge >= 0.3 is 0 Å². The first-order chi connectivity index (χ1) is 13.2. The molecule has 0 saturated carbocycles. The van der Waals surface area contributed by atoms with Crippen LogP contribution in [0.5, 0.6) is 0 Å². The maximum absolute atomic E-state index is 12.5. The van der Waals surface area contributed by atoms with Gasteiger partial charge in [0.05, 0.1) is 0 Å². The zero-order valence-electron chi connectivity index (χ0n) is 15.6. The zero-order chi connectivity index (χ0) is 18.6. The fourth-order valence-electron chi connectivity index (χ4n) is 4.18. The molecule has 0 radical (unpaired) electrons. The zero-order valence-corrected chi connectivity index (χ0v) is 15.6. The number of carbonyl (C=O) groups excluding carboxylic acids is 2. The quantitative estimate of drug-likeness (QED) is 0.804. The molecule has 0 bridgehead atoms. The van der Waals surface area contributed by atoms with Gasteiger partial charge in [-0.2, -0.15) is 0 Å². The second-order valence-electron chi connectivity index (χ2n) is 7.60. The molecule has 2 aromatic rings. The molecule has 2 aliphatic rings. The number of nitrogens with one attached hydrogen (secondary N) is 2. The lowest BCUT2D eigenvalue weighted by atomic mass is 9.97. The summed E-state index contributed by atoms with van der Waals surface area (Å²) >= 11 is 0. The van der Waals surface area contributed by atoms with Gasteiger partial charge in [0.25, 0.3) is 0 Å². The van der Waals surface area contributed by atoms with Crippen LogP contribution in [0.3, 0.4) is 0 Å². The molecule has 0 fully saturated rings. The monoisotopic (exact) mass is 362 g/mol. The summed E-state index contributed by atoms with van der Waals surface area (Å²) < 4.78 is 0. The third-order valence-electron chi connectivity index (χ3n) is 5.67. The van der Waals surface area contributed by atoms with Crippen LogP contribution >= 0.6 is 0 Å². The highest BCUT2D eigenvalue weighted by molar-refractivity contribution is 5.98. The van der Waals surface area contributed by atoms with Crippen LogP contribution in [0.4, 0.5) is 0 Å². The number of hydrogen-bond donors (Lipinski definition) is 2. The molecule has 0 aromatic heterocycles. The third kappa shape index (κ3) is 4.28. The lowest BCUT2D eigenvalue weighted by Gasteiger charge is -2.12. The van der Waals surface area contributed by atoms with Gasteiger partial charge in [-0.3, -0.25) is 9.59 Å². The average Bonchev–Trinajstić information content (AvgIpc) is 2.93. The molecular weight excluding hydrogens is 336 g/mol. The molecule has 140 valence electrons. The van der Waals surface area contributed by atoms with Gasteiger partial charge in [-0.1, -0.05) is 36.4 Å². The second kappa shape index (κ2) is 8.05. The highest BCUT2D eigenvalue weighted by Crippen LogP contribution is 2.22. The fourth-order valence-corrected chi connectivity index (χ4v) is 4.18. The smallest absolute Gasteiger partial charge is 0.220 e. The highest BCUT2D eigenvalue weighted by Gasteiger charge is 2.22. The first kappa shape index (κ1) is 17.9. The number of ketones is 1. The van der Waals surface area contributed by atoms with Gasteiger partial charge in [-0.25, -0.2) is 0 Å². The molecule has 0 spiro atoms. The molecule has 1 aliphatic carbocycles. The Kier molecular flexibility index (Phi) is 5.35. The molecule has 4 nitrogen and oxygen atoms in total. The molecule has 27 heavy (non-hydrogen) atoms. The predicted octanol–water partition coefficient (Wildman–Crippen LogP) is 2.62. The van der Waals surface area contributed by atoms with Gasteiger partial charge in [0.2, 0.25) is 5.91 Å². The van der Waals surface area contributed by atoms with Crippen molar-refractivity contribution in [1.82, 2.24) is 10.6 Å². The number of hydrogen-bond acceptors (Lipinski definition) is 3. The number of benzene rings is 2. The van der Waals surface area contributed by atoms with E-state index in [0.29, 0.717) is 0 Å². The summed E-state index contributed by atoms with van der Waals surface area (Å²) in [5.74, 6) is 0.0278. The van der Waals surface area contributed by atoms with Crippen molar-refractivity contribution >= 4 is 11.7 Å². The molecular formula is C23H26N2O2. The summed E-state index contributed by atoms with van der Waals surface area (Å²) in [7, 11) is 0. The Labute approximate surface area is 160 Å². The molecule has 2 N–H and O–H groups in total. The minimum Gasteiger partial charge on any atom is -0.353 e. The van der Waals surface area contributed by atoms with Crippen molar-refractivity contribution in [2.24, 2.45) is 0 Å². The Morgan fingerprint density at radius 2 is 1.59 bits per heavy atom. The molecule has 0 unspecified atom stereocenters. The molecule has 0 atom stereocenters. The highest BCUT2D eigenvalue weighted by atomic mass is 16.2. The Morgan fingerprint density at radius 3 is 2.33 bits per heavy atom. The van der Waals surface area contributed by atoms with Gasteiger partial charge in [-0.15, -0.1) is 0 Å². The van der Waals surface area contributed by atoms with Crippen molar-refractivity contribution in [2.45, 2.75) is 44.6 Å². The summed E-state index contributed by atoms with van der Waals surface area (Å²) in [6, 6.07) is 14.5. The third-order valence-corrected chi connectivity index (χ3v) is 5.67. The van der Waals surface area contributed by atoms with E-state index in [1.807, 2.05) is 24.3 Å². The van der Waals surface area contributed by atoms with E-state index in [-0.39, 0.29) is 30.6 Å². The number of amides is 1. The van der Waals surface area contributed by atoms with Crippen molar-refractivity contribution in [3.8, 4) is 0 Å². The maximum atomic E-state index is 12.5. The fraction of sp³-hybridized carbons (Fsp3) is 0.391. The normalized spacial score (nSPS) is 16.3. The summed E-state index contributed by atoms with van der Waals surface area (Å²) in [5.41, 5.74) is 5.96. The average molecular weight is 362 g/mol. The predicted molar refractivity (Wildman–Crippen MR) is 106 cm³/mol. The van der Waals surface area contributed by atoms with Crippen molar-refractivity contribution in [3.63, 3.8) is 0 Å². The molecule has 1 heterocycles. The van der Waals surface area contributed by atoms with E-state index in [0.717, 1.165) is 44.3 Å². The van der Waals surface area contributed by atoms with E-state index >= 15 is 0 Å². The van der Waals surface area contributed by atoms with Crippen molar-refractivity contribution in [2.75, 3.05) is 13.1 Å². The molecule has 0 saturated heterocycles. The Hall–Kier alpha value is -2.46. The standard InChI is InChI=1S/C23H26N2O2/c26-22(20-6-5-16-9-11-24-12-10-19(16)13-20)7-8-23(27)25-21-14-17-3-1-2-4-18(17)15-21/h1-6,13,21,24H,7-12,14-15H2,(H,25,27). The van der Waals surface area contributed by atoms with E-state index in [2.05, 4.69) is 28.8 Å². The minimum atomic E-state index is -0.0277. The van der Waals surface area contributed by atoms with Crippen molar-refractivity contribution < 1.29 is 9.59 Å². The van der Waals surface area contributed by atoms with Gasteiger partial charge in [0.1, 0.15) is 0 Å². The van der Waals surface area contributed by atoms with E-state index in [1.165, 1.54) is 22.3 Å². The van der Waals surface area contributed by atoms with E-state index < -0.39 is 0 Å². The van der Waals surface area contributed by atoms with E-state index in [4.69, 9.17) is 0 Å². The molecule has 4 rings (SSSR count). The Bertz CT molecular complexity index is 834. The van der Waals surface area contributed by atoms with Crippen LogP contribution < -0.4 is 10.6 Å². The van der Waals surface area contributed by atoms with Crippen LogP contribution in [0, 0.1) is 0 Å². The summed E-state index contributed by atoms with van der Waals surface area (Å²) in [5, 5.41) is 6.48. The van der Waals surface area contributed by atoms with Crippen LogP contribution in [0.25, 0.3) is 0 Å². The van der Waals surface area contributed by atoms with E-state index in [1.54, 1.807) is 0 Å². The topological polar surface area (TPSA) is 58.2 Å². The van der Waals surface area contributed by atoms with Gasteiger partial charge in [-0.05, 0) is 67.1 Å². The number of fused-ring (bicyclic) bond motifs is 2. The first-order valence-electron chi connectivity index (χ1n) is 9.91. The number of Topliss-reactive ketones (excluding diaryl/α,β-unsaturated/α-hetero) is 1. The number of carbonyl (C=O) groups is 2. The molecule has 1 amide bonds. The molecule has 4 heteroatoms. The van der Waals surface area contributed by atoms with Crippen molar-refractivity contribution in [3.05, 3.63) is 70.3 Å². The SMILES string of the molecule is O=C(CCC(=O)c1ccc2c(c1)CCNCC2)NC1Cc2ccccc2C1. The van der Waals surface area contributed by atoms with Gasteiger partial charge in [0.15, 0.2) is 5.78 Å². The summed E-state index contributed by atoms with van der Waals surface area (Å²) in [6.07, 6.45) is 4.26. The van der Waals surface area contributed by atoms with Gasteiger partial charge < -0.3 is 10.6 Å². The molecule has 1 aliphatic heterocycles. The van der Waals surface area contributed by atoms with Gasteiger partial charge in [0, 0.05) is 24.4 Å². The second-order valence-corrected chi connectivity index (χ2v) is 7.60. The Morgan fingerprint density at radius 1 is 0.889 bits per heavy atom. The summed E-state index contributed by atoms with van der Waals surface area (Å²) in [4.78, 5) is 24.8. The van der Waals surface area contributed by atoms with Crippen LogP contribution in [0.2, 0.25) is 0 Å². The lowest BCUT2D eigenvalue weighted by molar-refractivity contribution is -0.121. The Balaban J connectivity index is 1.29. The van der Waals surface area contributed by atoms with E-state index in [9.17, 15) is 9.59 Å². The van der Waals surface area contributed by atoms with Crippen LogP contribution in [0.15, 0.2) is 42.5 Å². The minimum absolute atomic E-state index is 0.0277. The maximum Gasteiger partial charge on any atom is 0.220 e. The first-order valence-corrected chi connectivity index (χ1v) is 9.91. The van der Waals surface area contributed by atoms with Crippen LogP contribution in [-0.2, 0) is 30.5 Å². The summed E-state index contributed by atoms with van der Waals surface area (Å²) in [6.45, 7) is 1.95. The largest absolute Gasteiger partial charge is 0.353 e. The lowest BCUT2D eigenvalue weighted by Crippen LogP contribution is -2.35. The van der Waals surface area contributed by atoms with Crippen LogP contribution in [-0.4, -0.2) is 30.8 Å².